The lowest BCUT2D eigenvalue weighted by atomic mass is 9.88. The molecule has 0 aromatic rings. The fraction of sp³-hybridized carbons (Fsp3) is 0.955. The second kappa shape index (κ2) is 13.3. The SMILES string of the molecule is CCNC(=NCC1CN(C)CCN1C)NC1CCN(CC2CCCCC2)CC1.I. The standard InChI is InChI=1S/C22H44N6.HI/c1-4-23-22(24-16-21-18-26(2)14-15-27(21)3)25-20-10-12-28(13-11-20)17-19-8-6-5-7-9-19;/h19-21H,4-18H2,1-3H3,(H2,23,24,25);1H. The molecule has 1 unspecified atom stereocenters. The molecule has 29 heavy (non-hydrogen) atoms. The van der Waals surface area contributed by atoms with Gasteiger partial charge in [0.15, 0.2) is 5.96 Å². The van der Waals surface area contributed by atoms with E-state index in [0.717, 1.165) is 44.6 Å². The van der Waals surface area contributed by atoms with E-state index in [4.69, 9.17) is 4.99 Å². The average molecular weight is 521 g/mol. The summed E-state index contributed by atoms with van der Waals surface area (Å²) in [5.41, 5.74) is 0. The highest BCUT2D eigenvalue weighted by atomic mass is 127. The Morgan fingerprint density at radius 2 is 1.69 bits per heavy atom. The van der Waals surface area contributed by atoms with Crippen molar-refractivity contribution in [2.45, 2.75) is 64.0 Å². The second-order valence-corrected chi connectivity index (χ2v) is 9.34. The third-order valence-corrected chi connectivity index (χ3v) is 6.95. The zero-order valence-corrected chi connectivity index (χ0v) is 21.4. The zero-order chi connectivity index (χ0) is 19.8. The molecule has 0 amide bonds. The smallest absolute Gasteiger partial charge is 0.191 e. The summed E-state index contributed by atoms with van der Waals surface area (Å²) in [6.45, 7) is 11.2. The molecule has 2 heterocycles. The number of nitrogens with one attached hydrogen (secondary N) is 2. The molecule has 6 nitrogen and oxygen atoms in total. The van der Waals surface area contributed by atoms with Crippen molar-refractivity contribution < 1.29 is 0 Å². The van der Waals surface area contributed by atoms with Crippen LogP contribution < -0.4 is 10.6 Å². The lowest BCUT2D eigenvalue weighted by Gasteiger charge is -2.37. The van der Waals surface area contributed by atoms with E-state index < -0.39 is 0 Å². The van der Waals surface area contributed by atoms with Gasteiger partial charge in [-0.15, -0.1) is 24.0 Å². The van der Waals surface area contributed by atoms with E-state index in [1.54, 1.807) is 0 Å². The molecule has 2 saturated heterocycles. The summed E-state index contributed by atoms with van der Waals surface area (Å²) in [4.78, 5) is 12.5. The molecule has 3 aliphatic rings. The van der Waals surface area contributed by atoms with E-state index in [1.807, 2.05) is 0 Å². The van der Waals surface area contributed by atoms with Crippen LogP contribution >= 0.6 is 24.0 Å². The van der Waals surface area contributed by atoms with Crippen LogP contribution in [-0.2, 0) is 0 Å². The lowest BCUT2D eigenvalue weighted by Crippen LogP contribution is -2.52. The van der Waals surface area contributed by atoms with Gasteiger partial charge < -0.3 is 20.4 Å². The zero-order valence-electron chi connectivity index (χ0n) is 19.0. The first-order valence-corrected chi connectivity index (χ1v) is 11.8. The number of rotatable bonds is 6. The third-order valence-electron chi connectivity index (χ3n) is 6.95. The molecule has 2 N–H and O–H groups in total. The molecule has 3 rings (SSSR count). The minimum absolute atomic E-state index is 0. The van der Waals surface area contributed by atoms with E-state index in [2.05, 4.69) is 46.4 Å². The number of nitrogens with zero attached hydrogens (tertiary/aromatic N) is 4. The first kappa shape index (κ1) is 25.1. The van der Waals surface area contributed by atoms with Gasteiger partial charge in [-0.1, -0.05) is 19.3 Å². The van der Waals surface area contributed by atoms with Crippen LogP contribution in [0.1, 0.15) is 51.9 Å². The van der Waals surface area contributed by atoms with Gasteiger partial charge in [0.05, 0.1) is 6.54 Å². The van der Waals surface area contributed by atoms with Gasteiger partial charge >= 0.3 is 0 Å². The molecule has 0 aromatic heterocycles. The maximum Gasteiger partial charge on any atom is 0.191 e. The Morgan fingerprint density at radius 1 is 0.966 bits per heavy atom. The van der Waals surface area contributed by atoms with E-state index in [-0.39, 0.29) is 24.0 Å². The summed E-state index contributed by atoms with van der Waals surface area (Å²) < 4.78 is 0. The van der Waals surface area contributed by atoms with Crippen molar-refractivity contribution in [1.29, 1.82) is 0 Å². The highest BCUT2D eigenvalue weighted by molar-refractivity contribution is 14.0. The lowest BCUT2D eigenvalue weighted by molar-refractivity contribution is 0.119. The topological polar surface area (TPSA) is 46.1 Å². The van der Waals surface area contributed by atoms with Crippen molar-refractivity contribution in [3.05, 3.63) is 0 Å². The molecule has 0 spiro atoms. The molecule has 7 heteroatoms. The Kier molecular flexibility index (Phi) is 11.6. The molecular formula is C22H45IN6. The van der Waals surface area contributed by atoms with Crippen molar-refractivity contribution in [1.82, 2.24) is 25.3 Å². The molecule has 3 fully saturated rings. The maximum absolute atomic E-state index is 4.94. The van der Waals surface area contributed by atoms with Crippen LogP contribution in [0.4, 0.5) is 0 Å². The van der Waals surface area contributed by atoms with Crippen LogP contribution in [0.25, 0.3) is 0 Å². The Morgan fingerprint density at radius 3 is 2.38 bits per heavy atom. The molecule has 1 saturated carbocycles. The van der Waals surface area contributed by atoms with Crippen molar-refractivity contribution in [2.75, 3.05) is 66.5 Å². The molecule has 0 bridgehead atoms. The molecule has 2 aliphatic heterocycles. The van der Waals surface area contributed by atoms with Gasteiger partial charge in [0.1, 0.15) is 0 Å². The van der Waals surface area contributed by atoms with Gasteiger partial charge in [-0.25, -0.2) is 0 Å². The Bertz CT molecular complexity index is 474. The molecule has 1 aliphatic carbocycles. The minimum Gasteiger partial charge on any atom is -0.357 e. The first-order chi connectivity index (χ1) is 13.6. The van der Waals surface area contributed by atoms with E-state index in [9.17, 15) is 0 Å². The number of piperidine rings is 1. The summed E-state index contributed by atoms with van der Waals surface area (Å²) >= 11 is 0. The van der Waals surface area contributed by atoms with Crippen LogP contribution in [0.15, 0.2) is 4.99 Å². The van der Waals surface area contributed by atoms with Crippen LogP contribution in [-0.4, -0.2) is 99.2 Å². The highest BCUT2D eigenvalue weighted by Crippen LogP contribution is 2.25. The largest absolute Gasteiger partial charge is 0.357 e. The van der Waals surface area contributed by atoms with Gasteiger partial charge in [0, 0.05) is 57.9 Å². The predicted octanol–water partition coefficient (Wildman–Crippen LogP) is 2.45. The predicted molar refractivity (Wildman–Crippen MR) is 134 cm³/mol. The number of aliphatic imine (C=N–C) groups is 1. The Labute approximate surface area is 196 Å². The number of guanidine groups is 1. The molecule has 0 radical (unpaired) electrons. The van der Waals surface area contributed by atoms with Crippen molar-refractivity contribution in [3.63, 3.8) is 0 Å². The number of hydrogen-bond acceptors (Lipinski definition) is 4. The number of halogens is 1. The summed E-state index contributed by atoms with van der Waals surface area (Å²) in [5, 5.41) is 7.19. The average Bonchev–Trinajstić information content (AvgIpc) is 2.71. The van der Waals surface area contributed by atoms with E-state index in [0.29, 0.717) is 12.1 Å². The van der Waals surface area contributed by atoms with Crippen LogP contribution in [0, 0.1) is 5.92 Å². The fourth-order valence-corrected chi connectivity index (χ4v) is 5.00. The monoisotopic (exact) mass is 520 g/mol. The van der Waals surface area contributed by atoms with Crippen LogP contribution in [0.3, 0.4) is 0 Å². The number of piperazine rings is 1. The van der Waals surface area contributed by atoms with Crippen molar-refractivity contribution in [3.8, 4) is 0 Å². The number of likely N-dealkylation sites (tertiary alicyclic amines) is 1. The van der Waals surface area contributed by atoms with Gasteiger partial charge in [-0.05, 0) is 52.6 Å². The van der Waals surface area contributed by atoms with Gasteiger partial charge in [-0.3, -0.25) is 9.89 Å². The molecular weight excluding hydrogens is 475 g/mol. The molecule has 0 aromatic carbocycles. The maximum atomic E-state index is 4.94. The van der Waals surface area contributed by atoms with Gasteiger partial charge in [0.25, 0.3) is 0 Å². The highest BCUT2D eigenvalue weighted by Gasteiger charge is 2.24. The summed E-state index contributed by atoms with van der Waals surface area (Å²) in [5.74, 6) is 1.97. The normalized spacial score (nSPS) is 26.9. The number of hydrogen-bond donors (Lipinski definition) is 2. The summed E-state index contributed by atoms with van der Waals surface area (Å²) in [7, 11) is 4.45. The Balaban J connectivity index is 0.00000300. The van der Waals surface area contributed by atoms with Gasteiger partial charge in [-0.2, -0.15) is 0 Å². The summed E-state index contributed by atoms with van der Waals surface area (Å²) in [6.07, 6.45) is 9.77. The van der Waals surface area contributed by atoms with Crippen LogP contribution in [0.2, 0.25) is 0 Å². The second-order valence-electron chi connectivity index (χ2n) is 9.34. The Hall–Kier alpha value is -0.120. The first-order valence-electron chi connectivity index (χ1n) is 11.8. The molecule has 1 atom stereocenters. The van der Waals surface area contributed by atoms with Crippen LogP contribution in [0.5, 0.6) is 0 Å². The minimum atomic E-state index is 0. The van der Waals surface area contributed by atoms with Crippen molar-refractivity contribution >= 4 is 29.9 Å². The summed E-state index contributed by atoms with van der Waals surface area (Å²) in [6, 6.07) is 1.08. The van der Waals surface area contributed by atoms with Gasteiger partial charge in [0.2, 0.25) is 0 Å². The quantitative estimate of drug-likeness (QED) is 0.320. The van der Waals surface area contributed by atoms with E-state index >= 15 is 0 Å². The number of likely N-dealkylation sites (N-methyl/N-ethyl adjacent to an activating group) is 2. The van der Waals surface area contributed by atoms with E-state index in [1.165, 1.54) is 64.6 Å². The fourth-order valence-electron chi connectivity index (χ4n) is 5.00. The molecule has 170 valence electrons. The van der Waals surface area contributed by atoms with Crippen molar-refractivity contribution in [2.24, 2.45) is 10.9 Å². The third kappa shape index (κ3) is 8.50.